The number of nitrogens with one attached hydrogen (secondary N) is 1. The first kappa shape index (κ1) is 13.0. The second-order valence-electron chi connectivity index (χ2n) is 3.55. The molecule has 0 radical (unpaired) electrons. The third-order valence-electron chi connectivity index (χ3n) is 2.29. The van der Waals surface area contributed by atoms with Gasteiger partial charge < -0.3 is 5.32 Å². The van der Waals surface area contributed by atoms with Gasteiger partial charge in [0.1, 0.15) is 0 Å². The van der Waals surface area contributed by atoms with Gasteiger partial charge in [-0.15, -0.1) is 11.3 Å². The largest absolute Gasteiger partial charge is 0.352 e. The summed E-state index contributed by atoms with van der Waals surface area (Å²) in [5.41, 5.74) is -0.0401. The third kappa shape index (κ3) is 3.27. The lowest BCUT2D eigenvalue weighted by molar-refractivity contribution is 0.0949. The number of hydrogen-bond donors (Lipinski definition) is 1. The SMILES string of the molecule is O=C(NCCc1ccc(Cl)s1)c1cccnc1F. The van der Waals surface area contributed by atoms with E-state index in [1.807, 2.05) is 12.1 Å². The number of thiophene rings is 1. The zero-order valence-electron chi connectivity index (χ0n) is 9.32. The Balaban J connectivity index is 1.87. The van der Waals surface area contributed by atoms with E-state index in [0.29, 0.717) is 13.0 Å². The van der Waals surface area contributed by atoms with Crippen LogP contribution in [0.5, 0.6) is 0 Å². The van der Waals surface area contributed by atoms with Gasteiger partial charge >= 0.3 is 0 Å². The summed E-state index contributed by atoms with van der Waals surface area (Å²) in [7, 11) is 0. The van der Waals surface area contributed by atoms with E-state index in [2.05, 4.69) is 10.3 Å². The van der Waals surface area contributed by atoms with Crippen molar-refractivity contribution in [3.63, 3.8) is 0 Å². The quantitative estimate of drug-likeness (QED) is 0.877. The molecule has 18 heavy (non-hydrogen) atoms. The first-order valence-corrected chi connectivity index (χ1v) is 6.49. The van der Waals surface area contributed by atoms with Crippen LogP contribution in [0.25, 0.3) is 0 Å². The molecule has 0 unspecified atom stereocenters. The molecule has 2 heterocycles. The fraction of sp³-hybridized carbons (Fsp3) is 0.167. The first-order valence-electron chi connectivity index (χ1n) is 5.30. The van der Waals surface area contributed by atoms with Crippen molar-refractivity contribution >= 4 is 28.8 Å². The van der Waals surface area contributed by atoms with Crippen molar-refractivity contribution in [1.82, 2.24) is 10.3 Å². The van der Waals surface area contributed by atoms with Crippen molar-refractivity contribution in [2.75, 3.05) is 6.54 Å². The lowest BCUT2D eigenvalue weighted by atomic mass is 10.2. The molecule has 2 rings (SSSR count). The highest BCUT2D eigenvalue weighted by Gasteiger charge is 2.11. The number of nitrogens with zero attached hydrogens (tertiary/aromatic N) is 1. The van der Waals surface area contributed by atoms with Crippen LogP contribution in [0.3, 0.4) is 0 Å². The Hall–Kier alpha value is -1.46. The fourth-order valence-electron chi connectivity index (χ4n) is 1.44. The topological polar surface area (TPSA) is 42.0 Å². The van der Waals surface area contributed by atoms with Crippen molar-refractivity contribution in [3.8, 4) is 0 Å². The lowest BCUT2D eigenvalue weighted by Crippen LogP contribution is -2.26. The third-order valence-corrected chi connectivity index (χ3v) is 3.58. The van der Waals surface area contributed by atoms with Gasteiger partial charge in [-0.05, 0) is 30.7 Å². The molecule has 0 spiro atoms. The van der Waals surface area contributed by atoms with Gasteiger partial charge in [-0.1, -0.05) is 11.6 Å². The predicted molar refractivity (Wildman–Crippen MR) is 69.6 cm³/mol. The molecule has 0 fully saturated rings. The molecule has 0 saturated heterocycles. The summed E-state index contributed by atoms with van der Waals surface area (Å²) in [6, 6.07) is 6.64. The molecule has 0 atom stereocenters. The molecule has 2 aromatic rings. The highest BCUT2D eigenvalue weighted by Crippen LogP contribution is 2.21. The number of carbonyl (C=O) groups is 1. The molecule has 0 aliphatic carbocycles. The van der Waals surface area contributed by atoms with Gasteiger partial charge in [0.15, 0.2) is 0 Å². The van der Waals surface area contributed by atoms with E-state index in [9.17, 15) is 9.18 Å². The van der Waals surface area contributed by atoms with Crippen molar-refractivity contribution in [2.45, 2.75) is 6.42 Å². The molecule has 0 aliphatic heterocycles. The molecule has 0 aliphatic rings. The van der Waals surface area contributed by atoms with Gasteiger partial charge in [-0.25, -0.2) is 4.98 Å². The number of pyridine rings is 1. The summed E-state index contributed by atoms with van der Waals surface area (Å²) in [4.78, 5) is 16.1. The average molecular weight is 285 g/mol. The monoisotopic (exact) mass is 284 g/mol. The minimum absolute atomic E-state index is 0.0401. The van der Waals surface area contributed by atoms with Gasteiger partial charge in [0, 0.05) is 17.6 Å². The van der Waals surface area contributed by atoms with E-state index in [0.717, 1.165) is 9.21 Å². The molecular formula is C12H10ClFN2OS. The maximum Gasteiger partial charge on any atom is 0.255 e. The van der Waals surface area contributed by atoms with Crippen LogP contribution >= 0.6 is 22.9 Å². The Morgan fingerprint density at radius 1 is 1.44 bits per heavy atom. The van der Waals surface area contributed by atoms with Crippen molar-refractivity contribution in [2.24, 2.45) is 0 Å². The minimum atomic E-state index is -0.755. The highest BCUT2D eigenvalue weighted by atomic mass is 35.5. The molecule has 1 N–H and O–H groups in total. The number of aromatic nitrogens is 1. The molecule has 2 aromatic heterocycles. The second kappa shape index (κ2) is 5.93. The van der Waals surface area contributed by atoms with E-state index < -0.39 is 11.9 Å². The number of halogens is 2. The maximum absolute atomic E-state index is 13.2. The van der Waals surface area contributed by atoms with Gasteiger partial charge in [0.05, 0.1) is 9.90 Å². The molecule has 0 saturated carbocycles. The van der Waals surface area contributed by atoms with E-state index in [-0.39, 0.29) is 5.56 Å². The van der Waals surface area contributed by atoms with E-state index >= 15 is 0 Å². The molecule has 94 valence electrons. The van der Waals surface area contributed by atoms with E-state index in [1.165, 1.54) is 29.7 Å². The highest BCUT2D eigenvalue weighted by molar-refractivity contribution is 7.16. The maximum atomic E-state index is 13.2. The number of carbonyl (C=O) groups excluding carboxylic acids is 1. The minimum Gasteiger partial charge on any atom is -0.352 e. The molecule has 0 aromatic carbocycles. The molecule has 0 bridgehead atoms. The van der Waals surface area contributed by atoms with Crippen LogP contribution in [0.2, 0.25) is 4.34 Å². The molecule has 1 amide bonds. The summed E-state index contributed by atoms with van der Waals surface area (Å²) in [5.74, 6) is -1.21. The number of hydrogen-bond acceptors (Lipinski definition) is 3. The van der Waals surface area contributed by atoms with Gasteiger partial charge in [0.25, 0.3) is 5.91 Å². The summed E-state index contributed by atoms with van der Waals surface area (Å²) in [5, 5.41) is 2.64. The summed E-state index contributed by atoms with van der Waals surface area (Å²) >= 11 is 7.26. The zero-order valence-corrected chi connectivity index (χ0v) is 10.9. The normalized spacial score (nSPS) is 10.3. The smallest absolute Gasteiger partial charge is 0.255 e. The first-order chi connectivity index (χ1) is 8.66. The second-order valence-corrected chi connectivity index (χ2v) is 5.35. The Kier molecular flexibility index (Phi) is 4.28. The number of rotatable bonds is 4. The summed E-state index contributed by atoms with van der Waals surface area (Å²) in [6.07, 6.45) is 1.98. The Morgan fingerprint density at radius 3 is 2.94 bits per heavy atom. The van der Waals surface area contributed by atoms with Gasteiger partial charge in [0.2, 0.25) is 5.95 Å². The molecular weight excluding hydrogens is 275 g/mol. The van der Waals surface area contributed by atoms with Crippen molar-refractivity contribution < 1.29 is 9.18 Å². The van der Waals surface area contributed by atoms with Crippen LogP contribution in [-0.2, 0) is 6.42 Å². The Bertz CT molecular complexity index is 559. The standard InChI is InChI=1S/C12H10ClFN2OS/c13-10-4-3-8(18-10)5-7-16-12(17)9-2-1-6-15-11(9)14/h1-4,6H,5,7H2,(H,16,17). The Labute approximate surface area is 113 Å². The molecule has 6 heteroatoms. The van der Waals surface area contributed by atoms with Crippen LogP contribution in [0.4, 0.5) is 4.39 Å². The lowest BCUT2D eigenvalue weighted by Gasteiger charge is -2.04. The summed E-state index contributed by atoms with van der Waals surface area (Å²) in [6.45, 7) is 0.435. The van der Waals surface area contributed by atoms with Crippen LogP contribution in [0, 0.1) is 5.95 Å². The Morgan fingerprint density at radius 2 is 2.28 bits per heavy atom. The van der Waals surface area contributed by atoms with Crippen LogP contribution in [-0.4, -0.2) is 17.4 Å². The zero-order chi connectivity index (χ0) is 13.0. The number of amides is 1. The van der Waals surface area contributed by atoms with Crippen molar-refractivity contribution in [3.05, 3.63) is 51.2 Å². The summed E-state index contributed by atoms with van der Waals surface area (Å²) < 4.78 is 13.9. The predicted octanol–water partition coefficient (Wildman–Crippen LogP) is 2.91. The van der Waals surface area contributed by atoms with E-state index in [4.69, 9.17) is 11.6 Å². The fourth-order valence-corrected chi connectivity index (χ4v) is 2.52. The van der Waals surface area contributed by atoms with Crippen LogP contribution < -0.4 is 5.32 Å². The van der Waals surface area contributed by atoms with Gasteiger partial charge in [-0.2, -0.15) is 4.39 Å². The van der Waals surface area contributed by atoms with Crippen molar-refractivity contribution in [1.29, 1.82) is 0 Å². The van der Waals surface area contributed by atoms with Gasteiger partial charge in [-0.3, -0.25) is 4.79 Å². The molecule has 3 nitrogen and oxygen atoms in total. The van der Waals surface area contributed by atoms with E-state index in [1.54, 1.807) is 0 Å². The van der Waals surface area contributed by atoms with Crippen LogP contribution in [0.15, 0.2) is 30.5 Å². The average Bonchev–Trinajstić information content (AvgIpc) is 2.75. The van der Waals surface area contributed by atoms with Crippen LogP contribution in [0.1, 0.15) is 15.2 Å².